The number of hydrogen-bond donors (Lipinski definition) is 2. The zero-order chi connectivity index (χ0) is 21.0. The Balaban J connectivity index is 1.94. The monoisotopic (exact) mass is 399 g/mol. The second kappa shape index (κ2) is 8.74. The van der Waals surface area contributed by atoms with E-state index in [4.69, 9.17) is 14.2 Å². The van der Waals surface area contributed by atoms with E-state index in [1.807, 2.05) is 39.1 Å². The molecule has 2 aromatic rings. The number of nitrogens with one attached hydrogen (secondary N) is 1. The summed E-state index contributed by atoms with van der Waals surface area (Å²) in [5.74, 6) is 0.341. The minimum atomic E-state index is -0.780. The number of phenols is 1. The van der Waals surface area contributed by atoms with Crippen molar-refractivity contribution in [3.8, 4) is 11.5 Å². The maximum Gasteiger partial charge on any atom is 0.338 e. The highest BCUT2D eigenvalue weighted by Crippen LogP contribution is 2.44. The van der Waals surface area contributed by atoms with Crippen molar-refractivity contribution in [1.29, 1.82) is 0 Å². The van der Waals surface area contributed by atoms with Crippen molar-refractivity contribution in [2.24, 2.45) is 0 Å². The Morgan fingerprint density at radius 3 is 2.59 bits per heavy atom. The number of esters is 1. The molecule has 2 atom stereocenters. The summed E-state index contributed by atoms with van der Waals surface area (Å²) in [7, 11) is 1.85. The number of hydrogen-bond acceptors (Lipinski definition) is 6. The van der Waals surface area contributed by atoms with Gasteiger partial charge in [-0.1, -0.05) is 13.3 Å². The first kappa shape index (κ1) is 21.0. The van der Waals surface area contributed by atoms with Crippen LogP contribution in [0.3, 0.4) is 0 Å². The van der Waals surface area contributed by atoms with Gasteiger partial charge in [-0.3, -0.25) is 0 Å². The molecule has 6 nitrogen and oxygen atoms in total. The Labute approximate surface area is 171 Å². The van der Waals surface area contributed by atoms with E-state index in [2.05, 4.69) is 12.2 Å². The van der Waals surface area contributed by atoms with Gasteiger partial charge < -0.3 is 24.6 Å². The van der Waals surface area contributed by atoms with E-state index >= 15 is 0 Å². The molecular weight excluding hydrogens is 370 g/mol. The van der Waals surface area contributed by atoms with Crippen molar-refractivity contribution < 1.29 is 24.1 Å². The molecule has 156 valence electrons. The summed E-state index contributed by atoms with van der Waals surface area (Å²) in [5.41, 5.74) is 1.37. The lowest BCUT2D eigenvalue weighted by Crippen LogP contribution is -2.51. The summed E-state index contributed by atoms with van der Waals surface area (Å²) in [5, 5.41) is 12.6. The predicted octanol–water partition coefficient (Wildman–Crippen LogP) is 4.69. The number of unbranched alkanes of at least 4 members (excludes halogenated alkanes) is 1. The Kier molecular flexibility index (Phi) is 6.33. The van der Waals surface area contributed by atoms with Gasteiger partial charge in [0.2, 0.25) is 0 Å². The number of phenolic OH excluding ortho intramolecular Hbond substituents is 1. The van der Waals surface area contributed by atoms with Crippen LogP contribution in [0.15, 0.2) is 42.5 Å². The maximum atomic E-state index is 12.8. The summed E-state index contributed by atoms with van der Waals surface area (Å²) in [6, 6.07) is 11.8. The smallest absolute Gasteiger partial charge is 0.338 e. The van der Waals surface area contributed by atoms with Crippen molar-refractivity contribution in [2.45, 2.75) is 51.4 Å². The molecule has 6 heteroatoms. The van der Waals surface area contributed by atoms with Gasteiger partial charge in [0.05, 0.1) is 5.56 Å². The normalized spacial score (nSPS) is 19.7. The van der Waals surface area contributed by atoms with Gasteiger partial charge >= 0.3 is 5.97 Å². The third kappa shape index (κ3) is 4.65. The Morgan fingerprint density at radius 1 is 1.21 bits per heavy atom. The van der Waals surface area contributed by atoms with Crippen LogP contribution >= 0.6 is 0 Å². The standard InChI is InChI=1S/C23H29NO5/c1-5-6-13-27-20-18-14-16(24-4)9-12-19(18)29-23(2,3)21(20)28-22(26)15-7-10-17(25)11-8-15/h7-12,14,20-21,24-25H,5-6,13H2,1-4H3. The average Bonchev–Trinajstić information content (AvgIpc) is 2.70. The maximum absolute atomic E-state index is 12.8. The molecule has 0 fully saturated rings. The second-order valence-electron chi connectivity index (χ2n) is 7.73. The van der Waals surface area contributed by atoms with E-state index in [0.717, 1.165) is 29.8 Å². The highest BCUT2D eigenvalue weighted by Gasteiger charge is 2.47. The first-order valence-electron chi connectivity index (χ1n) is 9.98. The lowest BCUT2D eigenvalue weighted by atomic mass is 9.87. The molecule has 0 bridgehead atoms. The minimum Gasteiger partial charge on any atom is -0.508 e. The molecule has 0 aliphatic carbocycles. The molecule has 0 saturated carbocycles. The molecule has 0 amide bonds. The van der Waals surface area contributed by atoms with Gasteiger partial charge in [-0.25, -0.2) is 4.79 Å². The summed E-state index contributed by atoms with van der Waals surface area (Å²) in [6.45, 7) is 6.46. The quantitative estimate of drug-likeness (QED) is 0.520. The van der Waals surface area contributed by atoms with E-state index in [-0.39, 0.29) is 5.75 Å². The van der Waals surface area contributed by atoms with Crippen molar-refractivity contribution in [3.05, 3.63) is 53.6 Å². The largest absolute Gasteiger partial charge is 0.508 e. The number of ether oxygens (including phenoxy) is 3. The van der Waals surface area contributed by atoms with Crippen LogP contribution in [-0.2, 0) is 9.47 Å². The summed E-state index contributed by atoms with van der Waals surface area (Å²) in [4.78, 5) is 12.8. The summed E-state index contributed by atoms with van der Waals surface area (Å²) < 4.78 is 18.3. The molecule has 1 aliphatic rings. The van der Waals surface area contributed by atoms with Gasteiger partial charge in [-0.05, 0) is 62.7 Å². The molecule has 1 heterocycles. The number of anilines is 1. The topological polar surface area (TPSA) is 77.0 Å². The molecule has 0 spiro atoms. The Hall–Kier alpha value is -2.73. The second-order valence-corrected chi connectivity index (χ2v) is 7.73. The SMILES string of the molecule is CCCCOC1c2cc(NC)ccc2OC(C)(C)C1OC(=O)c1ccc(O)cc1. The van der Waals surface area contributed by atoms with Gasteiger partial charge in [0.15, 0.2) is 6.10 Å². The van der Waals surface area contributed by atoms with Crippen molar-refractivity contribution in [3.63, 3.8) is 0 Å². The van der Waals surface area contributed by atoms with Crippen LogP contribution in [0.25, 0.3) is 0 Å². The average molecular weight is 399 g/mol. The van der Waals surface area contributed by atoms with Gasteiger partial charge in [-0.15, -0.1) is 0 Å². The fourth-order valence-electron chi connectivity index (χ4n) is 3.40. The fraction of sp³-hybridized carbons (Fsp3) is 0.435. The van der Waals surface area contributed by atoms with Gasteiger partial charge in [0.1, 0.15) is 23.2 Å². The number of fused-ring (bicyclic) bond motifs is 1. The molecule has 3 rings (SSSR count). The number of aromatic hydroxyl groups is 1. The molecule has 0 saturated heterocycles. The summed E-state index contributed by atoms with van der Waals surface area (Å²) >= 11 is 0. The highest BCUT2D eigenvalue weighted by atomic mass is 16.6. The lowest BCUT2D eigenvalue weighted by molar-refractivity contribution is -0.140. The zero-order valence-corrected chi connectivity index (χ0v) is 17.4. The van der Waals surface area contributed by atoms with Crippen LogP contribution in [0.5, 0.6) is 11.5 Å². The Bertz CT molecular complexity index is 847. The zero-order valence-electron chi connectivity index (χ0n) is 17.4. The van der Waals surface area contributed by atoms with E-state index < -0.39 is 23.8 Å². The van der Waals surface area contributed by atoms with Crippen molar-refractivity contribution >= 4 is 11.7 Å². The van der Waals surface area contributed by atoms with E-state index in [0.29, 0.717) is 12.2 Å². The number of carbonyl (C=O) groups is 1. The molecule has 1 aliphatic heterocycles. The lowest BCUT2D eigenvalue weighted by Gasteiger charge is -2.43. The van der Waals surface area contributed by atoms with Gasteiger partial charge in [0, 0.05) is 24.9 Å². The molecule has 29 heavy (non-hydrogen) atoms. The van der Waals surface area contributed by atoms with E-state index in [1.54, 1.807) is 0 Å². The number of carbonyl (C=O) groups excluding carboxylic acids is 1. The van der Waals surface area contributed by atoms with Crippen LogP contribution in [-0.4, -0.2) is 36.4 Å². The van der Waals surface area contributed by atoms with Crippen LogP contribution < -0.4 is 10.1 Å². The predicted molar refractivity (Wildman–Crippen MR) is 112 cm³/mol. The van der Waals surface area contributed by atoms with E-state index in [9.17, 15) is 9.90 Å². The van der Waals surface area contributed by atoms with Crippen LogP contribution in [0, 0.1) is 0 Å². The molecular formula is C23H29NO5. The number of rotatable bonds is 7. The molecule has 2 unspecified atom stereocenters. The van der Waals surface area contributed by atoms with Crippen LogP contribution in [0.4, 0.5) is 5.69 Å². The van der Waals surface area contributed by atoms with Crippen molar-refractivity contribution in [2.75, 3.05) is 19.0 Å². The third-order valence-corrected chi connectivity index (χ3v) is 5.07. The Morgan fingerprint density at radius 2 is 1.93 bits per heavy atom. The van der Waals surface area contributed by atoms with Crippen LogP contribution in [0.2, 0.25) is 0 Å². The minimum absolute atomic E-state index is 0.0946. The third-order valence-electron chi connectivity index (χ3n) is 5.07. The first-order chi connectivity index (χ1) is 13.9. The highest BCUT2D eigenvalue weighted by molar-refractivity contribution is 5.89. The fourth-order valence-corrected chi connectivity index (χ4v) is 3.40. The number of benzene rings is 2. The van der Waals surface area contributed by atoms with Crippen LogP contribution in [0.1, 0.15) is 55.6 Å². The molecule has 0 radical (unpaired) electrons. The van der Waals surface area contributed by atoms with E-state index in [1.165, 1.54) is 24.3 Å². The molecule has 0 aromatic heterocycles. The molecule has 2 N–H and O–H groups in total. The first-order valence-corrected chi connectivity index (χ1v) is 9.98. The summed E-state index contributed by atoms with van der Waals surface area (Å²) in [6.07, 6.45) is 0.834. The molecule has 2 aromatic carbocycles. The van der Waals surface area contributed by atoms with Gasteiger partial charge in [0.25, 0.3) is 0 Å². The van der Waals surface area contributed by atoms with Crippen molar-refractivity contribution in [1.82, 2.24) is 0 Å². The van der Waals surface area contributed by atoms with Gasteiger partial charge in [-0.2, -0.15) is 0 Å².